The molecule has 2 rings (SSSR count). The molecule has 0 bridgehead atoms. The van der Waals surface area contributed by atoms with E-state index in [0.717, 1.165) is 12.8 Å². The summed E-state index contributed by atoms with van der Waals surface area (Å²) in [6.45, 7) is 2.61. The minimum atomic E-state index is -0.174. The fourth-order valence-electron chi connectivity index (χ4n) is 3.03. The predicted octanol–water partition coefficient (Wildman–Crippen LogP) is 2.22. The van der Waals surface area contributed by atoms with Gasteiger partial charge in [0.15, 0.2) is 0 Å². The van der Waals surface area contributed by atoms with Crippen molar-refractivity contribution in [2.75, 3.05) is 20.2 Å². The lowest BCUT2D eigenvalue weighted by Crippen LogP contribution is -2.42. The molecule has 0 radical (unpaired) electrons. The Hall–Kier alpha value is -2.04. The number of para-hydroxylation sites is 1. The van der Waals surface area contributed by atoms with E-state index < -0.39 is 0 Å². The van der Waals surface area contributed by atoms with E-state index in [0.29, 0.717) is 30.4 Å². The molecule has 1 aliphatic rings. The van der Waals surface area contributed by atoms with Crippen LogP contribution >= 0.6 is 0 Å². The summed E-state index contributed by atoms with van der Waals surface area (Å²) in [6, 6.07) is 7.45. The van der Waals surface area contributed by atoms with Crippen LogP contribution in [0.4, 0.5) is 0 Å². The second kappa shape index (κ2) is 7.82. The number of rotatable bonds is 6. The molecule has 2 amide bonds. The molecule has 1 aromatic rings. The van der Waals surface area contributed by atoms with Crippen molar-refractivity contribution in [1.29, 1.82) is 0 Å². The number of nitrogens with zero attached hydrogens (tertiary/aromatic N) is 1. The molecule has 0 saturated heterocycles. The first kappa shape index (κ1) is 16.3. The Balaban J connectivity index is 1.88. The summed E-state index contributed by atoms with van der Waals surface area (Å²) >= 11 is 0. The van der Waals surface area contributed by atoms with Crippen molar-refractivity contribution in [2.24, 2.45) is 0 Å². The molecule has 1 fully saturated rings. The Bertz CT molecular complexity index is 524. The quantitative estimate of drug-likeness (QED) is 0.876. The lowest BCUT2D eigenvalue weighted by molar-refractivity contribution is -0.130. The molecular weight excluding hydrogens is 280 g/mol. The van der Waals surface area contributed by atoms with Crippen LogP contribution in [0.2, 0.25) is 0 Å². The molecule has 0 aromatic heterocycles. The lowest BCUT2D eigenvalue weighted by atomic mass is 10.2. The highest BCUT2D eigenvalue weighted by atomic mass is 16.5. The van der Waals surface area contributed by atoms with Crippen LogP contribution in [0, 0.1) is 0 Å². The van der Waals surface area contributed by atoms with E-state index in [2.05, 4.69) is 5.32 Å². The number of hydrogen-bond donors (Lipinski definition) is 1. The Morgan fingerprint density at radius 1 is 1.27 bits per heavy atom. The van der Waals surface area contributed by atoms with Crippen LogP contribution in [0.1, 0.15) is 43.0 Å². The molecular formula is C17H24N2O3. The summed E-state index contributed by atoms with van der Waals surface area (Å²) in [5.74, 6) is 0.463. The third-order valence-corrected chi connectivity index (χ3v) is 4.16. The van der Waals surface area contributed by atoms with Gasteiger partial charge < -0.3 is 15.0 Å². The zero-order valence-corrected chi connectivity index (χ0v) is 13.3. The summed E-state index contributed by atoms with van der Waals surface area (Å²) in [7, 11) is 1.55. The van der Waals surface area contributed by atoms with Crippen molar-refractivity contribution in [1.82, 2.24) is 10.2 Å². The summed E-state index contributed by atoms with van der Waals surface area (Å²) in [6.07, 6.45) is 4.50. The molecule has 1 aromatic carbocycles. The molecule has 0 heterocycles. The zero-order chi connectivity index (χ0) is 15.9. The highest BCUT2D eigenvalue weighted by Crippen LogP contribution is 2.23. The topological polar surface area (TPSA) is 58.6 Å². The Labute approximate surface area is 131 Å². The highest BCUT2D eigenvalue weighted by molar-refractivity contribution is 5.96. The van der Waals surface area contributed by atoms with E-state index >= 15 is 0 Å². The normalized spacial score (nSPS) is 14.6. The molecule has 120 valence electrons. The number of nitrogens with one attached hydrogen (secondary N) is 1. The number of amides is 2. The second-order valence-electron chi connectivity index (χ2n) is 5.61. The van der Waals surface area contributed by atoms with Gasteiger partial charge in [0.25, 0.3) is 5.91 Å². The van der Waals surface area contributed by atoms with Gasteiger partial charge in [0.05, 0.1) is 12.7 Å². The second-order valence-corrected chi connectivity index (χ2v) is 5.61. The molecule has 0 atom stereocenters. The van der Waals surface area contributed by atoms with Crippen molar-refractivity contribution in [3.63, 3.8) is 0 Å². The minimum absolute atomic E-state index is 0.0819. The van der Waals surface area contributed by atoms with E-state index in [1.807, 2.05) is 11.0 Å². The molecule has 1 N–H and O–H groups in total. The first-order chi connectivity index (χ1) is 10.6. The largest absolute Gasteiger partial charge is 0.496 e. The van der Waals surface area contributed by atoms with Crippen LogP contribution in [-0.4, -0.2) is 43.0 Å². The monoisotopic (exact) mass is 304 g/mol. The number of carbonyl (C=O) groups is 2. The molecule has 1 saturated carbocycles. The van der Waals surface area contributed by atoms with Gasteiger partial charge in [-0.25, -0.2) is 0 Å². The summed E-state index contributed by atoms with van der Waals surface area (Å²) in [5.41, 5.74) is 0.514. The van der Waals surface area contributed by atoms with Crippen molar-refractivity contribution >= 4 is 11.8 Å². The number of benzene rings is 1. The van der Waals surface area contributed by atoms with Crippen LogP contribution in [0.15, 0.2) is 24.3 Å². The average molecular weight is 304 g/mol. The maximum Gasteiger partial charge on any atom is 0.255 e. The molecule has 0 unspecified atom stereocenters. The first-order valence-electron chi connectivity index (χ1n) is 7.82. The maximum atomic E-state index is 12.2. The van der Waals surface area contributed by atoms with E-state index in [9.17, 15) is 9.59 Å². The van der Waals surface area contributed by atoms with Gasteiger partial charge in [-0.1, -0.05) is 25.0 Å². The van der Waals surface area contributed by atoms with Gasteiger partial charge in [-0.3, -0.25) is 9.59 Å². The van der Waals surface area contributed by atoms with Gasteiger partial charge in [-0.15, -0.1) is 0 Å². The number of ether oxygens (including phenoxy) is 1. The van der Waals surface area contributed by atoms with Gasteiger partial charge in [0.1, 0.15) is 5.75 Å². The van der Waals surface area contributed by atoms with Crippen molar-refractivity contribution in [2.45, 2.75) is 38.6 Å². The Kier molecular flexibility index (Phi) is 5.81. The minimum Gasteiger partial charge on any atom is -0.496 e. The molecule has 5 nitrogen and oxygen atoms in total. The third-order valence-electron chi connectivity index (χ3n) is 4.16. The van der Waals surface area contributed by atoms with Crippen LogP contribution < -0.4 is 10.1 Å². The standard InChI is InChI=1S/C17H24N2O3/c1-13(20)19(14-7-3-4-8-14)12-11-18-17(21)15-9-5-6-10-16(15)22-2/h5-6,9-10,14H,3-4,7-8,11-12H2,1-2H3,(H,18,21). The van der Waals surface area contributed by atoms with Gasteiger partial charge in [0, 0.05) is 26.1 Å². The fourth-order valence-corrected chi connectivity index (χ4v) is 3.03. The van der Waals surface area contributed by atoms with E-state index in [1.54, 1.807) is 32.2 Å². The zero-order valence-electron chi connectivity index (χ0n) is 13.3. The maximum absolute atomic E-state index is 12.2. The van der Waals surface area contributed by atoms with E-state index in [4.69, 9.17) is 4.74 Å². The molecule has 5 heteroatoms. The van der Waals surface area contributed by atoms with Gasteiger partial charge in [-0.2, -0.15) is 0 Å². The van der Waals surface area contributed by atoms with Gasteiger partial charge in [-0.05, 0) is 25.0 Å². The summed E-state index contributed by atoms with van der Waals surface area (Å²) < 4.78 is 5.19. The fraction of sp³-hybridized carbons (Fsp3) is 0.529. The first-order valence-corrected chi connectivity index (χ1v) is 7.82. The number of methoxy groups -OCH3 is 1. The van der Waals surface area contributed by atoms with Crippen LogP contribution in [-0.2, 0) is 4.79 Å². The SMILES string of the molecule is COc1ccccc1C(=O)NCCN(C(C)=O)C1CCCC1. The van der Waals surface area contributed by atoms with Crippen LogP contribution in [0.5, 0.6) is 5.75 Å². The van der Waals surface area contributed by atoms with Gasteiger partial charge in [0.2, 0.25) is 5.91 Å². The highest BCUT2D eigenvalue weighted by Gasteiger charge is 2.24. The predicted molar refractivity (Wildman–Crippen MR) is 85.0 cm³/mol. The van der Waals surface area contributed by atoms with Crippen molar-refractivity contribution in [3.05, 3.63) is 29.8 Å². The number of carbonyl (C=O) groups excluding carboxylic acids is 2. The molecule has 0 aliphatic heterocycles. The van der Waals surface area contributed by atoms with Crippen LogP contribution in [0.3, 0.4) is 0 Å². The third kappa shape index (κ3) is 4.00. The average Bonchev–Trinajstić information content (AvgIpc) is 3.04. The van der Waals surface area contributed by atoms with Crippen molar-refractivity contribution < 1.29 is 14.3 Å². The lowest BCUT2D eigenvalue weighted by Gasteiger charge is -2.28. The summed E-state index contributed by atoms with van der Waals surface area (Å²) in [5, 5.41) is 2.87. The smallest absolute Gasteiger partial charge is 0.255 e. The molecule has 1 aliphatic carbocycles. The van der Waals surface area contributed by atoms with Gasteiger partial charge >= 0.3 is 0 Å². The van der Waals surface area contributed by atoms with E-state index in [-0.39, 0.29) is 11.8 Å². The Morgan fingerprint density at radius 2 is 1.95 bits per heavy atom. The van der Waals surface area contributed by atoms with Crippen molar-refractivity contribution in [3.8, 4) is 5.75 Å². The molecule has 22 heavy (non-hydrogen) atoms. The Morgan fingerprint density at radius 3 is 2.59 bits per heavy atom. The number of hydrogen-bond acceptors (Lipinski definition) is 3. The van der Waals surface area contributed by atoms with E-state index in [1.165, 1.54) is 12.8 Å². The molecule has 0 spiro atoms. The van der Waals surface area contributed by atoms with Crippen LogP contribution in [0.25, 0.3) is 0 Å². The summed E-state index contributed by atoms with van der Waals surface area (Å²) in [4.78, 5) is 25.9.